The second kappa shape index (κ2) is 12.8. The predicted molar refractivity (Wildman–Crippen MR) is 96.9 cm³/mol. The van der Waals surface area contributed by atoms with Gasteiger partial charge in [0.2, 0.25) is 0 Å². The molecule has 138 valence electrons. The second-order valence-corrected chi connectivity index (χ2v) is 10.3. The summed E-state index contributed by atoms with van der Waals surface area (Å²) < 4.78 is 1.63. The molecule has 0 saturated carbocycles. The van der Waals surface area contributed by atoms with Crippen LogP contribution >= 0.6 is 0 Å². The molecule has 0 atom stereocenters. The standard InChI is InChI=1S/C20H29Si.3ClH.Ti/c1-5-6-8-11-16-14-18(20(2,3)4)19(15-16)21-17-12-9-7-10-13-17;;;;/h7,9-10,12-13H,5-6,8,11,15,21H2,1-4H3;3*1H;/q;;;;+3/p-3. The maximum atomic E-state index is 2.39. The minimum Gasteiger partial charge on any atom is -1.00 e. The molecular formula is C20H29Cl3SiTi. The van der Waals surface area contributed by atoms with Crippen molar-refractivity contribution < 1.29 is 57.7 Å². The van der Waals surface area contributed by atoms with Gasteiger partial charge in [-0.25, -0.2) is 0 Å². The Hall–Kier alpha value is 0.501. The molecule has 25 heavy (non-hydrogen) atoms. The van der Waals surface area contributed by atoms with Gasteiger partial charge in [-0.3, -0.25) is 0 Å². The van der Waals surface area contributed by atoms with E-state index in [-0.39, 0.29) is 52.2 Å². The van der Waals surface area contributed by atoms with Crippen molar-refractivity contribution in [3.63, 3.8) is 0 Å². The van der Waals surface area contributed by atoms with Crippen molar-refractivity contribution >= 4 is 14.7 Å². The maximum Gasteiger partial charge on any atom is -1.00 e. The van der Waals surface area contributed by atoms with E-state index < -0.39 is 0 Å². The van der Waals surface area contributed by atoms with Crippen LogP contribution in [-0.2, 0) is 20.4 Å². The number of allylic oxidation sites excluding steroid dienone is 4. The van der Waals surface area contributed by atoms with Crippen LogP contribution in [0.4, 0.5) is 0 Å². The average Bonchev–Trinajstić information content (AvgIpc) is 2.76. The van der Waals surface area contributed by atoms with Crippen molar-refractivity contribution in [2.24, 2.45) is 5.41 Å². The summed E-state index contributed by atoms with van der Waals surface area (Å²) in [5, 5.41) is 3.38. The topological polar surface area (TPSA) is 0 Å². The normalized spacial score (nSPS) is 14.5. The van der Waals surface area contributed by atoms with E-state index >= 15 is 0 Å². The Balaban J connectivity index is 0. The van der Waals surface area contributed by atoms with Crippen LogP contribution in [-0.4, -0.2) is 9.52 Å². The number of hydrogen-bond donors (Lipinski definition) is 0. The molecule has 1 aliphatic rings. The molecule has 0 heterocycles. The van der Waals surface area contributed by atoms with Crippen LogP contribution in [0, 0.1) is 5.41 Å². The summed E-state index contributed by atoms with van der Waals surface area (Å²) in [5.41, 5.74) is 3.71. The Morgan fingerprint density at radius 2 is 1.60 bits per heavy atom. The van der Waals surface area contributed by atoms with E-state index in [2.05, 4.69) is 78.5 Å². The summed E-state index contributed by atoms with van der Waals surface area (Å²) in [6.07, 6.45) is 6.63. The molecule has 0 aliphatic heterocycles. The molecule has 0 fully saturated rings. The molecule has 0 saturated heterocycles. The van der Waals surface area contributed by atoms with Crippen LogP contribution in [0.25, 0.3) is 0 Å². The maximum absolute atomic E-state index is 2.39. The van der Waals surface area contributed by atoms with Crippen LogP contribution in [0.15, 0.2) is 50.6 Å². The zero-order valence-electron chi connectivity index (χ0n) is 15.8. The van der Waals surface area contributed by atoms with Gasteiger partial charge in [-0.1, -0.05) is 0 Å². The average molecular weight is 452 g/mol. The fourth-order valence-electron chi connectivity index (χ4n) is 3.49. The molecule has 0 aromatic heterocycles. The van der Waals surface area contributed by atoms with Crippen molar-refractivity contribution in [3.8, 4) is 0 Å². The van der Waals surface area contributed by atoms with Gasteiger partial charge in [-0.15, -0.1) is 0 Å². The zero-order valence-corrected chi connectivity index (χ0v) is 21.0. The third-order valence-corrected chi connectivity index (χ3v) is 7.33. The number of unbranched alkanes of at least 4 members (excludes halogenated alkanes) is 2. The summed E-state index contributed by atoms with van der Waals surface area (Å²) >= 11 is 2.38. The van der Waals surface area contributed by atoms with Gasteiger partial charge >= 0.3 is 151 Å². The third kappa shape index (κ3) is 7.95. The Labute approximate surface area is 187 Å². The summed E-state index contributed by atoms with van der Waals surface area (Å²) in [6.45, 7) is 9.46. The van der Waals surface area contributed by atoms with E-state index in [0.717, 1.165) is 0 Å². The molecule has 0 unspecified atom stereocenters. The van der Waals surface area contributed by atoms with Crippen molar-refractivity contribution in [2.75, 3.05) is 0 Å². The van der Waals surface area contributed by atoms with Gasteiger partial charge in [0.05, 0.1) is 0 Å². The number of halogens is 3. The van der Waals surface area contributed by atoms with Gasteiger partial charge < -0.3 is 37.2 Å². The molecule has 0 radical (unpaired) electrons. The molecule has 1 aliphatic carbocycles. The molecule has 0 N–H and O–H groups in total. The van der Waals surface area contributed by atoms with E-state index in [1.54, 1.807) is 25.4 Å². The van der Waals surface area contributed by atoms with Gasteiger partial charge in [0, 0.05) is 0 Å². The van der Waals surface area contributed by atoms with Crippen LogP contribution in [0.3, 0.4) is 0 Å². The zero-order chi connectivity index (χ0) is 16.2. The number of benzene rings is 1. The number of rotatable bonds is 6. The van der Waals surface area contributed by atoms with Crippen LogP contribution in [0.2, 0.25) is 0 Å². The minimum atomic E-state index is -0.316. The van der Waals surface area contributed by atoms with Crippen molar-refractivity contribution in [1.29, 1.82) is 0 Å². The predicted octanol–water partition coefficient (Wildman–Crippen LogP) is -4.42. The third-order valence-electron chi connectivity index (χ3n) is 4.48. The Morgan fingerprint density at radius 3 is 2.12 bits per heavy atom. The molecule has 2 rings (SSSR count). The Kier molecular flexibility index (Phi) is 14.2. The first kappa shape index (κ1) is 27.7. The minimum absolute atomic E-state index is 0. The second-order valence-electron chi connectivity index (χ2n) is 7.50. The molecule has 5 heteroatoms. The van der Waals surface area contributed by atoms with Crippen LogP contribution in [0.5, 0.6) is 0 Å². The van der Waals surface area contributed by atoms with E-state index in [1.807, 2.05) is 0 Å². The van der Waals surface area contributed by atoms with Crippen LogP contribution in [0.1, 0.15) is 59.8 Å². The van der Waals surface area contributed by atoms with Gasteiger partial charge in [0.15, 0.2) is 0 Å². The summed E-state index contributed by atoms with van der Waals surface area (Å²) in [7, 11) is -0.316. The first-order valence-electron chi connectivity index (χ1n) is 8.64. The Bertz CT molecular complexity index is 574. The SMILES string of the molecule is CCCCCC1=[C]([Ti+3])C(C(C)(C)C)=C([SiH2]c2ccccc2)C1.[Cl-].[Cl-].[Cl-]. The molecule has 0 spiro atoms. The van der Waals surface area contributed by atoms with E-state index in [4.69, 9.17) is 0 Å². The first-order chi connectivity index (χ1) is 10.4. The molecule has 1 aromatic carbocycles. The van der Waals surface area contributed by atoms with Crippen molar-refractivity contribution in [2.45, 2.75) is 59.8 Å². The van der Waals surface area contributed by atoms with Crippen LogP contribution < -0.4 is 42.4 Å². The quantitative estimate of drug-likeness (QED) is 0.303. The van der Waals surface area contributed by atoms with Gasteiger partial charge in [0.1, 0.15) is 0 Å². The summed E-state index contributed by atoms with van der Waals surface area (Å²) in [6, 6.07) is 11.2. The Morgan fingerprint density at radius 1 is 1.00 bits per heavy atom. The molecule has 0 amide bonds. The fourth-order valence-corrected chi connectivity index (χ4v) is 7.27. The monoisotopic (exact) mass is 450 g/mol. The first-order valence-corrected chi connectivity index (χ1v) is 10.8. The van der Waals surface area contributed by atoms with Crippen molar-refractivity contribution in [1.82, 2.24) is 0 Å². The summed E-state index contributed by atoms with van der Waals surface area (Å²) in [5.74, 6) is 0. The molecule has 0 nitrogen and oxygen atoms in total. The van der Waals surface area contributed by atoms with E-state index in [1.165, 1.54) is 32.1 Å². The molecular weight excluding hydrogens is 423 g/mol. The fraction of sp³-hybridized carbons (Fsp3) is 0.500. The van der Waals surface area contributed by atoms with Gasteiger partial charge in [-0.2, -0.15) is 0 Å². The molecule has 1 aromatic rings. The van der Waals surface area contributed by atoms with Gasteiger partial charge in [-0.05, 0) is 0 Å². The largest absolute Gasteiger partial charge is 1.00 e. The molecule has 0 bridgehead atoms. The van der Waals surface area contributed by atoms with Gasteiger partial charge in [0.25, 0.3) is 0 Å². The smallest absolute Gasteiger partial charge is 1.00 e. The van der Waals surface area contributed by atoms with E-state index in [0.29, 0.717) is 0 Å². The summed E-state index contributed by atoms with van der Waals surface area (Å²) in [4.78, 5) is 0. The van der Waals surface area contributed by atoms with Crippen molar-refractivity contribution in [3.05, 3.63) is 50.6 Å². The number of hydrogen-bond acceptors (Lipinski definition) is 0. The van der Waals surface area contributed by atoms with E-state index in [9.17, 15) is 0 Å².